The van der Waals surface area contributed by atoms with Crippen LogP contribution in [0, 0.1) is 12.7 Å². The molecule has 0 aliphatic carbocycles. The van der Waals surface area contributed by atoms with E-state index in [0.29, 0.717) is 28.9 Å². The van der Waals surface area contributed by atoms with Crippen molar-refractivity contribution >= 4 is 27.5 Å². The van der Waals surface area contributed by atoms with Crippen molar-refractivity contribution in [2.24, 2.45) is 0 Å². The number of hydrogen-bond donors (Lipinski definition) is 1. The second-order valence-electron chi connectivity index (χ2n) is 10.1. The van der Waals surface area contributed by atoms with Gasteiger partial charge in [0.1, 0.15) is 18.4 Å². The van der Waals surface area contributed by atoms with Gasteiger partial charge in [-0.1, -0.05) is 56.2 Å². The maximum absolute atomic E-state index is 14.0. The summed E-state index contributed by atoms with van der Waals surface area (Å²) >= 11 is 0. The van der Waals surface area contributed by atoms with Gasteiger partial charge in [-0.25, -0.2) is 12.8 Å². The van der Waals surface area contributed by atoms with E-state index in [-0.39, 0.29) is 23.5 Å². The van der Waals surface area contributed by atoms with Gasteiger partial charge in [0, 0.05) is 13.1 Å². The van der Waals surface area contributed by atoms with Gasteiger partial charge in [-0.2, -0.15) is 13.2 Å². The van der Waals surface area contributed by atoms with Crippen LogP contribution in [0.1, 0.15) is 49.8 Å². The number of rotatable bonds is 13. The summed E-state index contributed by atoms with van der Waals surface area (Å²) in [5, 5.41) is 2.79. The Bertz CT molecular complexity index is 1490. The van der Waals surface area contributed by atoms with Crippen molar-refractivity contribution in [2.45, 2.75) is 63.7 Å². The monoisotopic (exact) mass is 621 g/mol. The van der Waals surface area contributed by atoms with Crippen LogP contribution in [0.25, 0.3) is 0 Å². The van der Waals surface area contributed by atoms with Crippen LogP contribution in [0.15, 0.2) is 77.7 Å². The summed E-state index contributed by atoms with van der Waals surface area (Å²) in [5.41, 5.74) is -0.232. The van der Waals surface area contributed by atoms with Crippen LogP contribution in [0.3, 0.4) is 0 Å². The number of alkyl halides is 3. The number of halogens is 4. The van der Waals surface area contributed by atoms with Gasteiger partial charge in [-0.15, -0.1) is 0 Å². The van der Waals surface area contributed by atoms with Crippen molar-refractivity contribution in [3.05, 3.63) is 95.3 Å². The highest BCUT2D eigenvalue weighted by Crippen LogP contribution is 2.33. The number of benzene rings is 3. The Kier molecular flexibility index (Phi) is 11.3. The molecule has 0 bridgehead atoms. The Morgan fingerprint density at radius 2 is 1.60 bits per heavy atom. The molecular weight excluding hydrogens is 586 g/mol. The average molecular weight is 622 g/mol. The normalized spacial score (nSPS) is 12.4. The van der Waals surface area contributed by atoms with E-state index in [9.17, 15) is 35.6 Å². The van der Waals surface area contributed by atoms with E-state index in [1.165, 1.54) is 59.5 Å². The molecule has 43 heavy (non-hydrogen) atoms. The average Bonchev–Trinajstić information content (AvgIpc) is 2.96. The Morgan fingerprint density at radius 1 is 0.953 bits per heavy atom. The molecule has 0 saturated heterocycles. The minimum Gasteiger partial charge on any atom is -0.354 e. The quantitative estimate of drug-likeness (QED) is 0.185. The van der Waals surface area contributed by atoms with Crippen LogP contribution in [-0.4, -0.2) is 44.3 Å². The zero-order chi connectivity index (χ0) is 31.8. The van der Waals surface area contributed by atoms with Gasteiger partial charge < -0.3 is 10.2 Å². The number of sulfonamides is 1. The van der Waals surface area contributed by atoms with E-state index < -0.39 is 52.0 Å². The molecule has 0 saturated carbocycles. The van der Waals surface area contributed by atoms with Gasteiger partial charge in [0.2, 0.25) is 11.8 Å². The molecule has 12 heteroatoms. The molecule has 0 aliphatic rings. The lowest BCUT2D eigenvalue weighted by Crippen LogP contribution is -2.52. The largest absolute Gasteiger partial charge is 0.416 e. The molecule has 1 unspecified atom stereocenters. The first-order valence-corrected chi connectivity index (χ1v) is 15.3. The zero-order valence-electron chi connectivity index (χ0n) is 24.2. The number of aryl methyl sites for hydroxylation is 1. The number of nitrogens with one attached hydrogen (secondary N) is 1. The lowest BCUT2D eigenvalue weighted by molar-refractivity contribution is -0.140. The van der Waals surface area contributed by atoms with E-state index in [0.717, 1.165) is 24.1 Å². The van der Waals surface area contributed by atoms with Crippen molar-refractivity contribution in [1.29, 1.82) is 0 Å². The summed E-state index contributed by atoms with van der Waals surface area (Å²) in [7, 11) is -4.54. The van der Waals surface area contributed by atoms with Crippen molar-refractivity contribution in [3.63, 3.8) is 0 Å². The number of carbonyl (C=O) groups excluding carboxylic acids is 2. The molecule has 2 amide bonds. The molecule has 3 rings (SSSR count). The summed E-state index contributed by atoms with van der Waals surface area (Å²) in [4.78, 5) is 28.1. The first-order valence-electron chi connectivity index (χ1n) is 13.9. The minimum absolute atomic E-state index is 0.166. The summed E-state index contributed by atoms with van der Waals surface area (Å²) in [6.45, 7) is 4.68. The van der Waals surface area contributed by atoms with E-state index in [2.05, 4.69) is 5.32 Å². The zero-order valence-corrected chi connectivity index (χ0v) is 25.0. The van der Waals surface area contributed by atoms with Gasteiger partial charge in [-0.05, 0) is 67.8 Å². The number of nitrogens with zero attached hydrogens (tertiary/aromatic N) is 2. The van der Waals surface area contributed by atoms with Crippen LogP contribution >= 0.6 is 0 Å². The van der Waals surface area contributed by atoms with Gasteiger partial charge in [-0.3, -0.25) is 13.9 Å². The Labute approximate surface area is 249 Å². The molecule has 7 nitrogen and oxygen atoms in total. The fraction of sp³-hybridized carbons (Fsp3) is 0.355. The van der Waals surface area contributed by atoms with Crippen LogP contribution < -0.4 is 9.62 Å². The molecule has 0 aliphatic heterocycles. The van der Waals surface area contributed by atoms with Gasteiger partial charge >= 0.3 is 6.18 Å². The van der Waals surface area contributed by atoms with Crippen molar-refractivity contribution < 1.29 is 35.6 Å². The predicted molar refractivity (Wildman–Crippen MR) is 156 cm³/mol. The second kappa shape index (κ2) is 14.5. The molecule has 232 valence electrons. The second-order valence-corrected chi connectivity index (χ2v) is 12.0. The Hall–Kier alpha value is -3.93. The molecule has 0 aromatic heterocycles. The Balaban J connectivity index is 2.09. The summed E-state index contributed by atoms with van der Waals surface area (Å²) < 4.78 is 82.8. The minimum atomic E-state index is -4.77. The first kappa shape index (κ1) is 33.6. The maximum atomic E-state index is 14.0. The maximum Gasteiger partial charge on any atom is 0.416 e. The van der Waals surface area contributed by atoms with E-state index in [4.69, 9.17) is 0 Å². The molecule has 3 aromatic carbocycles. The molecule has 0 heterocycles. The van der Waals surface area contributed by atoms with Crippen LogP contribution in [-0.2, 0) is 32.3 Å². The van der Waals surface area contributed by atoms with Crippen molar-refractivity contribution in [1.82, 2.24) is 10.2 Å². The van der Waals surface area contributed by atoms with Crippen LogP contribution in [0.5, 0.6) is 0 Å². The Morgan fingerprint density at radius 3 is 2.19 bits per heavy atom. The highest BCUT2D eigenvalue weighted by Gasteiger charge is 2.36. The molecule has 1 atom stereocenters. The van der Waals surface area contributed by atoms with Crippen molar-refractivity contribution in [2.75, 3.05) is 17.4 Å². The molecule has 0 spiro atoms. The van der Waals surface area contributed by atoms with Crippen molar-refractivity contribution in [3.8, 4) is 0 Å². The third-order valence-electron chi connectivity index (χ3n) is 6.83. The van der Waals surface area contributed by atoms with Crippen LogP contribution in [0.2, 0.25) is 0 Å². The van der Waals surface area contributed by atoms with E-state index in [1.807, 2.05) is 6.92 Å². The molecule has 1 N–H and O–H groups in total. The fourth-order valence-corrected chi connectivity index (χ4v) is 5.82. The molecule has 3 aromatic rings. The van der Waals surface area contributed by atoms with Gasteiger partial charge in [0.15, 0.2) is 0 Å². The number of carbonyl (C=O) groups is 2. The third kappa shape index (κ3) is 8.79. The summed E-state index contributed by atoms with van der Waals surface area (Å²) in [6.07, 6.45) is -3.08. The predicted octanol–water partition coefficient (Wildman–Crippen LogP) is 6.07. The highest BCUT2D eigenvalue weighted by atomic mass is 32.2. The number of amides is 2. The fourth-order valence-electron chi connectivity index (χ4n) is 4.42. The number of hydrogen-bond acceptors (Lipinski definition) is 4. The standard InChI is InChI=1S/C31H35F4N3O4S/c1-4-6-18-36-30(40)28(5-2)37(20-23-12-14-25(32)15-13-23)29(39)21-38(26-9-7-8-24(19-26)31(33,34)35)43(41,42)27-16-10-22(3)11-17-27/h7-17,19,28H,4-6,18,20-21H2,1-3H3,(H,36,40). The van der Waals surface area contributed by atoms with E-state index in [1.54, 1.807) is 13.8 Å². The first-order chi connectivity index (χ1) is 20.3. The summed E-state index contributed by atoms with van der Waals surface area (Å²) in [6, 6.07) is 13.6. The number of unbranched alkanes of at least 4 members (excludes halogenated alkanes) is 1. The smallest absolute Gasteiger partial charge is 0.354 e. The molecule has 0 radical (unpaired) electrons. The van der Waals surface area contributed by atoms with E-state index >= 15 is 0 Å². The lowest BCUT2D eigenvalue weighted by atomic mass is 10.1. The highest BCUT2D eigenvalue weighted by molar-refractivity contribution is 7.92. The van der Waals surface area contributed by atoms with Gasteiger partial charge in [0.25, 0.3) is 10.0 Å². The third-order valence-corrected chi connectivity index (χ3v) is 8.62. The lowest BCUT2D eigenvalue weighted by Gasteiger charge is -2.33. The SMILES string of the molecule is CCCCNC(=O)C(CC)N(Cc1ccc(F)cc1)C(=O)CN(c1cccc(C(F)(F)F)c1)S(=O)(=O)c1ccc(C)cc1. The van der Waals surface area contributed by atoms with Crippen LogP contribution in [0.4, 0.5) is 23.2 Å². The topological polar surface area (TPSA) is 86.8 Å². The number of anilines is 1. The molecule has 0 fully saturated rings. The van der Waals surface area contributed by atoms with Gasteiger partial charge in [0.05, 0.1) is 16.1 Å². The summed E-state index contributed by atoms with van der Waals surface area (Å²) in [5.74, 6) is -1.79. The molecular formula is C31H35F4N3O4S.